The SMILES string of the molecule is CC(C#N)(NC(=O)CNc1ccccc1OCC(F)(F)F)C1CC1. The number of hydrogen-bond acceptors (Lipinski definition) is 4. The van der Waals surface area contributed by atoms with Crippen LogP contribution in [0.25, 0.3) is 0 Å². The topological polar surface area (TPSA) is 74.2 Å². The highest BCUT2D eigenvalue weighted by Gasteiger charge is 2.42. The van der Waals surface area contributed by atoms with Crippen molar-refractivity contribution in [2.24, 2.45) is 5.92 Å². The van der Waals surface area contributed by atoms with Gasteiger partial charge in [-0.1, -0.05) is 12.1 Å². The lowest BCUT2D eigenvalue weighted by molar-refractivity contribution is -0.153. The van der Waals surface area contributed by atoms with E-state index in [2.05, 4.69) is 16.7 Å². The summed E-state index contributed by atoms with van der Waals surface area (Å²) in [4.78, 5) is 12.0. The monoisotopic (exact) mass is 341 g/mol. The molecule has 1 aliphatic rings. The summed E-state index contributed by atoms with van der Waals surface area (Å²) in [5, 5.41) is 14.6. The van der Waals surface area contributed by atoms with Crippen molar-refractivity contribution < 1.29 is 22.7 Å². The van der Waals surface area contributed by atoms with Crippen molar-refractivity contribution in [2.75, 3.05) is 18.5 Å². The van der Waals surface area contributed by atoms with Crippen LogP contribution in [-0.4, -0.2) is 30.8 Å². The molecule has 2 N–H and O–H groups in total. The van der Waals surface area contributed by atoms with Crippen LogP contribution in [0.2, 0.25) is 0 Å². The number of benzene rings is 1. The Labute approximate surface area is 137 Å². The molecule has 1 aliphatic carbocycles. The van der Waals surface area contributed by atoms with E-state index in [-0.39, 0.29) is 23.9 Å². The number of nitrogens with one attached hydrogen (secondary N) is 2. The van der Waals surface area contributed by atoms with Crippen LogP contribution in [-0.2, 0) is 4.79 Å². The zero-order valence-electron chi connectivity index (χ0n) is 13.1. The number of alkyl halides is 3. The molecule has 1 aromatic carbocycles. The minimum atomic E-state index is -4.44. The molecule has 1 aromatic rings. The summed E-state index contributed by atoms with van der Waals surface area (Å²) >= 11 is 0. The quantitative estimate of drug-likeness (QED) is 0.800. The van der Waals surface area contributed by atoms with E-state index in [1.165, 1.54) is 18.2 Å². The first-order chi connectivity index (χ1) is 11.2. The number of anilines is 1. The number of nitrogens with zero attached hydrogens (tertiary/aromatic N) is 1. The zero-order chi connectivity index (χ0) is 17.8. The predicted octanol–water partition coefficient (Wildman–Crippen LogP) is 2.85. The van der Waals surface area contributed by atoms with E-state index in [0.29, 0.717) is 0 Å². The van der Waals surface area contributed by atoms with Gasteiger partial charge in [-0.25, -0.2) is 0 Å². The van der Waals surface area contributed by atoms with Crippen LogP contribution in [0.15, 0.2) is 24.3 Å². The van der Waals surface area contributed by atoms with E-state index < -0.39 is 24.2 Å². The zero-order valence-corrected chi connectivity index (χ0v) is 13.1. The van der Waals surface area contributed by atoms with Gasteiger partial charge >= 0.3 is 6.18 Å². The highest BCUT2D eigenvalue weighted by Crippen LogP contribution is 2.39. The van der Waals surface area contributed by atoms with E-state index >= 15 is 0 Å². The maximum atomic E-state index is 12.3. The second-order valence-corrected chi connectivity index (χ2v) is 5.89. The van der Waals surface area contributed by atoms with Gasteiger partial charge in [-0.3, -0.25) is 4.79 Å². The molecule has 0 bridgehead atoms. The molecule has 0 spiro atoms. The summed E-state index contributed by atoms with van der Waals surface area (Å²) in [6.45, 7) is 0.0887. The van der Waals surface area contributed by atoms with Crippen molar-refractivity contribution in [3.63, 3.8) is 0 Å². The highest BCUT2D eigenvalue weighted by atomic mass is 19.4. The number of carbonyl (C=O) groups excluding carboxylic acids is 1. The molecule has 1 atom stereocenters. The Hall–Kier alpha value is -2.43. The van der Waals surface area contributed by atoms with Gasteiger partial charge in [-0.2, -0.15) is 18.4 Å². The number of carbonyl (C=O) groups is 1. The Kier molecular flexibility index (Phi) is 5.22. The highest BCUT2D eigenvalue weighted by molar-refractivity contribution is 5.82. The largest absolute Gasteiger partial charge is 0.482 e. The van der Waals surface area contributed by atoms with Crippen LogP contribution in [0.5, 0.6) is 5.75 Å². The van der Waals surface area contributed by atoms with Crippen molar-refractivity contribution in [3.05, 3.63) is 24.3 Å². The number of para-hydroxylation sites is 2. The summed E-state index contributed by atoms with van der Waals surface area (Å²) < 4.78 is 41.5. The Morgan fingerprint density at radius 3 is 2.62 bits per heavy atom. The molecule has 2 rings (SSSR count). The van der Waals surface area contributed by atoms with E-state index in [4.69, 9.17) is 4.74 Å². The second kappa shape index (κ2) is 6.99. The Bertz CT molecular complexity index is 638. The molecule has 1 fully saturated rings. The van der Waals surface area contributed by atoms with Crippen LogP contribution in [0, 0.1) is 17.2 Å². The molecule has 0 aliphatic heterocycles. The number of halogens is 3. The van der Waals surface area contributed by atoms with Gasteiger partial charge in [-0.05, 0) is 37.8 Å². The van der Waals surface area contributed by atoms with Crippen LogP contribution in [0.1, 0.15) is 19.8 Å². The maximum Gasteiger partial charge on any atom is 0.422 e. The number of amides is 1. The number of nitriles is 1. The molecule has 1 saturated carbocycles. The molecule has 0 heterocycles. The molecule has 1 unspecified atom stereocenters. The van der Waals surface area contributed by atoms with Crippen molar-refractivity contribution in [1.29, 1.82) is 5.26 Å². The lowest BCUT2D eigenvalue weighted by Crippen LogP contribution is -2.48. The van der Waals surface area contributed by atoms with Gasteiger partial charge in [0.15, 0.2) is 6.61 Å². The summed E-state index contributed by atoms with van der Waals surface area (Å²) in [7, 11) is 0. The number of ether oxygens (including phenoxy) is 1. The summed E-state index contributed by atoms with van der Waals surface area (Å²) in [5.41, 5.74) is -0.632. The fraction of sp³-hybridized carbons (Fsp3) is 0.500. The van der Waals surface area contributed by atoms with Gasteiger partial charge in [0.2, 0.25) is 5.91 Å². The molecular weight excluding hydrogens is 323 g/mol. The van der Waals surface area contributed by atoms with Gasteiger partial charge in [0, 0.05) is 0 Å². The molecule has 0 aromatic heterocycles. The molecule has 8 heteroatoms. The average molecular weight is 341 g/mol. The fourth-order valence-corrected chi connectivity index (χ4v) is 2.29. The Morgan fingerprint density at radius 1 is 1.38 bits per heavy atom. The standard InChI is InChI=1S/C16H18F3N3O2/c1-15(9-20,11-6-7-11)22-14(23)8-21-12-4-2-3-5-13(12)24-10-16(17,18)19/h2-5,11,21H,6-8,10H2,1H3,(H,22,23). The van der Waals surface area contributed by atoms with Crippen LogP contribution < -0.4 is 15.4 Å². The van der Waals surface area contributed by atoms with Crippen LogP contribution in [0.4, 0.5) is 18.9 Å². The maximum absolute atomic E-state index is 12.3. The number of hydrogen-bond donors (Lipinski definition) is 2. The normalized spacial score (nSPS) is 16.6. The molecule has 0 saturated heterocycles. The first-order valence-corrected chi connectivity index (χ1v) is 7.48. The summed E-state index contributed by atoms with van der Waals surface area (Å²) in [6.07, 6.45) is -2.65. The van der Waals surface area contributed by atoms with E-state index in [0.717, 1.165) is 12.8 Å². The molecule has 24 heavy (non-hydrogen) atoms. The van der Waals surface area contributed by atoms with Crippen molar-refractivity contribution >= 4 is 11.6 Å². The minimum Gasteiger partial charge on any atom is -0.482 e. The average Bonchev–Trinajstić information content (AvgIpc) is 3.36. The third-order valence-electron chi connectivity index (χ3n) is 3.74. The third kappa shape index (κ3) is 5.05. The van der Waals surface area contributed by atoms with Crippen molar-refractivity contribution in [3.8, 4) is 11.8 Å². The Balaban J connectivity index is 1.92. The molecule has 0 radical (unpaired) electrons. The molecular formula is C16H18F3N3O2. The lowest BCUT2D eigenvalue weighted by Gasteiger charge is -2.23. The minimum absolute atomic E-state index is 0.00728. The van der Waals surface area contributed by atoms with Crippen molar-refractivity contribution in [2.45, 2.75) is 31.5 Å². The van der Waals surface area contributed by atoms with Crippen LogP contribution >= 0.6 is 0 Å². The molecule has 5 nitrogen and oxygen atoms in total. The summed E-state index contributed by atoms with van der Waals surface area (Å²) in [5.74, 6) is -0.252. The van der Waals surface area contributed by atoms with E-state index in [9.17, 15) is 23.2 Å². The first-order valence-electron chi connectivity index (χ1n) is 7.48. The second-order valence-electron chi connectivity index (χ2n) is 5.89. The molecule has 1 amide bonds. The van der Waals surface area contributed by atoms with Gasteiger partial charge in [-0.15, -0.1) is 0 Å². The van der Waals surface area contributed by atoms with Crippen LogP contribution in [0.3, 0.4) is 0 Å². The Morgan fingerprint density at radius 2 is 2.04 bits per heavy atom. The van der Waals surface area contributed by atoms with Gasteiger partial charge in [0.25, 0.3) is 0 Å². The van der Waals surface area contributed by atoms with E-state index in [1.807, 2.05) is 0 Å². The fourth-order valence-electron chi connectivity index (χ4n) is 2.29. The third-order valence-corrected chi connectivity index (χ3v) is 3.74. The number of rotatable bonds is 7. The smallest absolute Gasteiger partial charge is 0.422 e. The van der Waals surface area contributed by atoms with Gasteiger partial charge in [0.1, 0.15) is 11.3 Å². The van der Waals surface area contributed by atoms with Gasteiger partial charge in [0.05, 0.1) is 18.3 Å². The summed E-state index contributed by atoms with van der Waals surface area (Å²) in [6, 6.07) is 8.16. The van der Waals surface area contributed by atoms with Gasteiger partial charge < -0.3 is 15.4 Å². The lowest BCUT2D eigenvalue weighted by atomic mass is 9.98. The molecule has 130 valence electrons. The van der Waals surface area contributed by atoms with E-state index in [1.54, 1.807) is 13.0 Å². The first kappa shape index (κ1) is 17.9. The van der Waals surface area contributed by atoms with Crippen molar-refractivity contribution in [1.82, 2.24) is 5.32 Å². The predicted molar refractivity (Wildman–Crippen MR) is 81.4 cm³/mol.